The summed E-state index contributed by atoms with van der Waals surface area (Å²) in [6.45, 7) is 5.31. The number of primary amides is 1. The van der Waals surface area contributed by atoms with Gasteiger partial charge in [0.2, 0.25) is 5.91 Å². The van der Waals surface area contributed by atoms with Gasteiger partial charge in [0.15, 0.2) is 5.65 Å². The van der Waals surface area contributed by atoms with Gasteiger partial charge in [-0.1, -0.05) is 13.8 Å². The smallest absolute Gasteiger partial charge is 0.214 e. The van der Waals surface area contributed by atoms with Gasteiger partial charge in [0.1, 0.15) is 5.03 Å². The van der Waals surface area contributed by atoms with E-state index in [1.165, 1.54) is 6.92 Å². The number of fused-ring (bicyclic) bond motifs is 1. The number of nitrogens with zero attached hydrogens (tertiary/aromatic N) is 3. The molecule has 0 unspecified atom stereocenters. The first-order valence-corrected chi connectivity index (χ1v) is 6.45. The molecule has 2 rings (SSSR count). The molecule has 0 atom stereocenters. The van der Waals surface area contributed by atoms with Gasteiger partial charge in [0.05, 0.1) is 0 Å². The zero-order valence-corrected chi connectivity index (χ0v) is 11.4. The van der Waals surface area contributed by atoms with Crippen LogP contribution in [0.15, 0.2) is 29.8 Å². The molecule has 0 aliphatic rings. The Morgan fingerprint density at radius 3 is 2.24 bits per heavy atom. The molecule has 0 aliphatic heterocycles. The van der Waals surface area contributed by atoms with Crippen LogP contribution < -0.4 is 5.73 Å². The molecule has 6 heteroatoms. The molecule has 94 valence electrons. The Labute approximate surface area is 105 Å². The van der Waals surface area contributed by atoms with Crippen LogP contribution in [0.5, 0.6) is 0 Å². The lowest BCUT2D eigenvalue weighted by atomic mass is 10.7. The number of rotatable bonds is 1. The lowest BCUT2D eigenvalue weighted by molar-refractivity contribution is -0.115. The fourth-order valence-electron chi connectivity index (χ4n) is 0.974. The molecule has 5 nitrogen and oxygen atoms in total. The molecular weight excluding hydrogens is 236 g/mol. The highest BCUT2D eigenvalue weighted by atomic mass is 32.2. The van der Waals surface area contributed by atoms with Crippen molar-refractivity contribution in [1.82, 2.24) is 14.4 Å². The Kier molecular flexibility index (Phi) is 7.79. The monoisotopic (exact) mass is 254 g/mol. The Morgan fingerprint density at radius 2 is 1.76 bits per heavy atom. The second-order valence-corrected chi connectivity index (χ2v) is 3.50. The van der Waals surface area contributed by atoms with Crippen LogP contribution in [0.1, 0.15) is 20.8 Å². The highest BCUT2D eigenvalue weighted by molar-refractivity contribution is 7.98. The SMILES string of the molecule is CC.CC(N)=O.CSc1nccn2ccnc12. The number of thioether (sulfide) groups is 1. The van der Waals surface area contributed by atoms with Gasteiger partial charge in [-0.2, -0.15) is 0 Å². The highest BCUT2D eigenvalue weighted by Gasteiger charge is 1.99. The Morgan fingerprint density at radius 1 is 1.29 bits per heavy atom. The molecule has 0 spiro atoms. The molecule has 1 amide bonds. The quantitative estimate of drug-likeness (QED) is 0.790. The third kappa shape index (κ3) is 5.35. The van der Waals surface area contributed by atoms with Crippen molar-refractivity contribution >= 4 is 23.3 Å². The summed E-state index contributed by atoms with van der Waals surface area (Å²) in [6.07, 6.45) is 9.35. The van der Waals surface area contributed by atoms with Crippen LogP contribution in [0.4, 0.5) is 0 Å². The van der Waals surface area contributed by atoms with Gasteiger partial charge in [-0.25, -0.2) is 9.97 Å². The zero-order valence-electron chi connectivity index (χ0n) is 10.5. The normalized spacial score (nSPS) is 8.71. The number of nitrogens with two attached hydrogens (primary N) is 1. The van der Waals surface area contributed by atoms with Crippen molar-refractivity contribution in [3.8, 4) is 0 Å². The van der Waals surface area contributed by atoms with E-state index in [4.69, 9.17) is 0 Å². The van der Waals surface area contributed by atoms with Gasteiger partial charge in [0, 0.05) is 31.7 Å². The van der Waals surface area contributed by atoms with E-state index in [0.717, 1.165) is 10.7 Å². The molecule has 17 heavy (non-hydrogen) atoms. The lowest BCUT2D eigenvalue weighted by Crippen LogP contribution is -2.01. The minimum Gasteiger partial charge on any atom is -0.370 e. The fourth-order valence-corrected chi connectivity index (χ4v) is 1.48. The van der Waals surface area contributed by atoms with E-state index >= 15 is 0 Å². The predicted octanol–water partition coefficient (Wildman–Crippen LogP) is 1.97. The van der Waals surface area contributed by atoms with E-state index in [2.05, 4.69) is 15.7 Å². The van der Waals surface area contributed by atoms with E-state index in [9.17, 15) is 4.79 Å². The molecule has 2 aromatic rings. The van der Waals surface area contributed by atoms with E-state index in [-0.39, 0.29) is 5.91 Å². The topological polar surface area (TPSA) is 73.3 Å². The van der Waals surface area contributed by atoms with Gasteiger partial charge < -0.3 is 10.1 Å². The molecule has 0 radical (unpaired) electrons. The second-order valence-electron chi connectivity index (χ2n) is 2.71. The van der Waals surface area contributed by atoms with Crippen LogP contribution in [0, 0.1) is 0 Å². The second kappa shape index (κ2) is 8.58. The minimum atomic E-state index is -0.333. The van der Waals surface area contributed by atoms with Crippen LogP contribution in [0.2, 0.25) is 0 Å². The van der Waals surface area contributed by atoms with Crippen molar-refractivity contribution < 1.29 is 4.79 Å². The van der Waals surface area contributed by atoms with Crippen LogP contribution in [0.25, 0.3) is 5.65 Å². The first-order chi connectivity index (χ1) is 8.15. The maximum Gasteiger partial charge on any atom is 0.214 e. The van der Waals surface area contributed by atoms with Crippen molar-refractivity contribution in [2.45, 2.75) is 25.8 Å². The van der Waals surface area contributed by atoms with Gasteiger partial charge >= 0.3 is 0 Å². The summed E-state index contributed by atoms with van der Waals surface area (Å²) >= 11 is 1.61. The van der Waals surface area contributed by atoms with Gasteiger partial charge in [-0.15, -0.1) is 11.8 Å². The number of carbonyl (C=O) groups is 1. The average molecular weight is 254 g/mol. The van der Waals surface area contributed by atoms with Crippen molar-refractivity contribution in [2.75, 3.05) is 6.26 Å². The van der Waals surface area contributed by atoms with E-state index < -0.39 is 0 Å². The molecular formula is C11H18N4OS. The van der Waals surface area contributed by atoms with Crippen LogP contribution in [0.3, 0.4) is 0 Å². The van der Waals surface area contributed by atoms with Gasteiger partial charge in [0.25, 0.3) is 0 Å². The molecule has 0 fully saturated rings. The molecule has 2 heterocycles. The summed E-state index contributed by atoms with van der Waals surface area (Å²) in [6, 6.07) is 0. The minimum absolute atomic E-state index is 0.333. The number of hydrogen-bond acceptors (Lipinski definition) is 4. The number of carbonyl (C=O) groups excluding carboxylic acids is 1. The first-order valence-electron chi connectivity index (χ1n) is 5.23. The number of amides is 1. The van der Waals surface area contributed by atoms with Gasteiger partial charge in [-0.05, 0) is 6.26 Å². The zero-order chi connectivity index (χ0) is 13.3. The molecule has 0 saturated carbocycles. The average Bonchev–Trinajstić information content (AvgIpc) is 2.78. The first kappa shape index (κ1) is 15.4. The molecule has 0 aliphatic carbocycles. The molecule has 2 N–H and O–H groups in total. The maximum absolute atomic E-state index is 9.22. The Hall–Kier alpha value is -1.56. The number of hydrogen-bond donors (Lipinski definition) is 1. The molecule has 2 aromatic heterocycles. The van der Waals surface area contributed by atoms with Crippen LogP contribution in [-0.4, -0.2) is 26.5 Å². The van der Waals surface area contributed by atoms with Crippen LogP contribution in [-0.2, 0) is 4.79 Å². The molecule has 0 saturated heterocycles. The summed E-state index contributed by atoms with van der Waals surface area (Å²) in [4.78, 5) is 17.6. The Balaban J connectivity index is 0.000000368. The van der Waals surface area contributed by atoms with Gasteiger partial charge in [-0.3, -0.25) is 4.79 Å². The Bertz CT molecular complexity index is 451. The number of imidazole rings is 1. The summed E-state index contributed by atoms with van der Waals surface area (Å²) < 4.78 is 1.96. The third-order valence-electron chi connectivity index (χ3n) is 1.47. The van der Waals surface area contributed by atoms with Crippen molar-refractivity contribution in [1.29, 1.82) is 0 Å². The fraction of sp³-hybridized carbons (Fsp3) is 0.364. The summed E-state index contributed by atoms with van der Waals surface area (Å²) in [5.41, 5.74) is 5.40. The number of aromatic nitrogens is 3. The lowest BCUT2D eigenvalue weighted by Gasteiger charge is -1.96. The van der Waals surface area contributed by atoms with Crippen molar-refractivity contribution in [3.05, 3.63) is 24.8 Å². The summed E-state index contributed by atoms with van der Waals surface area (Å²) in [7, 11) is 0. The summed E-state index contributed by atoms with van der Waals surface area (Å²) in [5.74, 6) is -0.333. The third-order valence-corrected chi connectivity index (χ3v) is 2.15. The van der Waals surface area contributed by atoms with Crippen LogP contribution >= 0.6 is 11.8 Å². The predicted molar refractivity (Wildman–Crippen MR) is 71.0 cm³/mol. The summed E-state index contributed by atoms with van der Waals surface area (Å²) in [5, 5.41) is 0.970. The van der Waals surface area contributed by atoms with E-state index in [1.54, 1.807) is 24.2 Å². The van der Waals surface area contributed by atoms with E-state index in [1.807, 2.05) is 36.9 Å². The largest absolute Gasteiger partial charge is 0.370 e. The van der Waals surface area contributed by atoms with Crippen molar-refractivity contribution in [2.24, 2.45) is 5.73 Å². The maximum atomic E-state index is 9.22. The standard InChI is InChI=1S/C7H7N3S.C2H5NO.C2H6/c1-11-7-6-8-2-4-10(6)5-3-9-7;1-2(3)4;1-2/h2-5H,1H3;1H3,(H2,3,4);1-2H3. The molecule has 0 bridgehead atoms. The highest BCUT2D eigenvalue weighted by Crippen LogP contribution is 2.15. The van der Waals surface area contributed by atoms with Crippen molar-refractivity contribution in [3.63, 3.8) is 0 Å². The van der Waals surface area contributed by atoms with E-state index in [0.29, 0.717) is 0 Å². The molecule has 0 aromatic carbocycles.